The Morgan fingerprint density at radius 2 is 1.96 bits per heavy atom. The van der Waals surface area contributed by atoms with Crippen LogP contribution in [0, 0.1) is 10.1 Å². The Kier molecular flexibility index (Phi) is 6.01. The number of carbonyl (C=O) groups is 2. The van der Waals surface area contributed by atoms with E-state index in [-0.39, 0.29) is 17.8 Å². The van der Waals surface area contributed by atoms with E-state index in [0.29, 0.717) is 6.42 Å². The molecule has 0 aliphatic rings. The highest BCUT2D eigenvalue weighted by Crippen LogP contribution is 2.19. The largest absolute Gasteiger partial charge is 0.456 e. The summed E-state index contributed by atoms with van der Waals surface area (Å²) >= 11 is 0. The molecule has 1 heterocycles. The topological polar surface area (TPSA) is 114 Å². The summed E-state index contributed by atoms with van der Waals surface area (Å²) in [6, 6.07) is 13.5. The number of nitrogens with zero attached hydrogens (tertiary/aromatic N) is 1. The Hall–Kier alpha value is -3.68. The summed E-state index contributed by atoms with van der Waals surface area (Å²) in [6.07, 6.45) is 3.46. The minimum absolute atomic E-state index is 0.132. The van der Waals surface area contributed by atoms with Gasteiger partial charge in [-0.15, -0.1) is 0 Å². The fraction of sp³-hybridized carbons (Fsp3) is 0.200. The van der Waals surface area contributed by atoms with Crippen molar-refractivity contribution in [2.24, 2.45) is 0 Å². The number of hydrogen-bond donors (Lipinski definition) is 2. The number of nitro groups is 1. The Morgan fingerprint density at radius 3 is 2.79 bits per heavy atom. The van der Waals surface area contributed by atoms with Crippen LogP contribution >= 0.6 is 0 Å². The lowest BCUT2D eigenvalue weighted by molar-refractivity contribution is -0.384. The van der Waals surface area contributed by atoms with Gasteiger partial charge in [-0.2, -0.15) is 0 Å². The number of aryl methyl sites for hydroxylation is 1. The summed E-state index contributed by atoms with van der Waals surface area (Å²) in [4.78, 5) is 37.0. The zero-order valence-corrected chi connectivity index (χ0v) is 15.0. The standard InChI is InChI=1S/C20H19N3O5/c24-19(22-15-6-4-7-16(11-15)23(26)27)13-28-20(25)10-3-5-14-12-21-18-9-2-1-8-17(14)18/h1-2,4,6-9,11-12,21H,3,5,10,13H2,(H,22,24). The summed E-state index contributed by atoms with van der Waals surface area (Å²) < 4.78 is 4.97. The number of esters is 1. The number of benzene rings is 2. The second-order valence-corrected chi connectivity index (χ2v) is 6.23. The molecule has 0 saturated carbocycles. The molecule has 2 N–H and O–H groups in total. The molecular weight excluding hydrogens is 362 g/mol. The highest BCUT2D eigenvalue weighted by Gasteiger charge is 2.11. The third-order valence-corrected chi connectivity index (χ3v) is 4.21. The third kappa shape index (κ3) is 4.94. The van der Waals surface area contributed by atoms with Gasteiger partial charge in [0, 0.05) is 41.3 Å². The van der Waals surface area contributed by atoms with Gasteiger partial charge in [0.15, 0.2) is 6.61 Å². The molecule has 1 amide bonds. The molecule has 0 fully saturated rings. The van der Waals surface area contributed by atoms with Crippen molar-refractivity contribution in [2.45, 2.75) is 19.3 Å². The predicted octanol–water partition coefficient (Wildman–Crippen LogP) is 3.58. The minimum Gasteiger partial charge on any atom is -0.456 e. The van der Waals surface area contributed by atoms with Crippen molar-refractivity contribution < 1.29 is 19.2 Å². The van der Waals surface area contributed by atoms with Crippen molar-refractivity contribution in [1.82, 2.24) is 4.98 Å². The van der Waals surface area contributed by atoms with E-state index in [1.54, 1.807) is 0 Å². The van der Waals surface area contributed by atoms with Crippen LogP contribution < -0.4 is 5.32 Å². The molecule has 0 atom stereocenters. The van der Waals surface area contributed by atoms with Crippen LogP contribution in [0.2, 0.25) is 0 Å². The number of rotatable bonds is 8. The van der Waals surface area contributed by atoms with E-state index in [4.69, 9.17) is 4.74 Å². The molecule has 3 rings (SSSR count). The van der Waals surface area contributed by atoms with E-state index in [9.17, 15) is 19.7 Å². The second kappa shape index (κ2) is 8.81. The second-order valence-electron chi connectivity index (χ2n) is 6.23. The molecule has 144 valence electrons. The first-order valence-electron chi connectivity index (χ1n) is 8.78. The summed E-state index contributed by atoms with van der Waals surface area (Å²) in [7, 11) is 0. The van der Waals surface area contributed by atoms with Crippen molar-refractivity contribution in [2.75, 3.05) is 11.9 Å². The zero-order chi connectivity index (χ0) is 19.9. The number of carbonyl (C=O) groups excluding carboxylic acids is 2. The maximum Gasteiger partial charge on any atom is 0.306 e. The number of para-hydroxylation sites is 1. The highest BCUT2D eigenvalue weighted by atomic mass is 16.6. The van der Waals surface area contributed by atoms with E-state index in [1.165, 1.54) is 24.3 Å². The predicted molar refractivity (Wildman–Crippen MR) is 104 cm³/mol. The first-order valence-corrected chi connectivity index (χ1v) is 8.78. The van der Waals surface area contributed by atoms with Gasteiger partial charge in [-0.25, -0.2) is 0 Å². The summed E-state index contributed by atoms with van der Waals surface area (Å²) in [5, 5.41) is 14.3. The van der Waals surface area contributed by atoms with Crippen molar-refractivity contribution in [3.8, 4) is 0 Å². The maximum atomic E-state index is 11.8. The van der Waals surface area contributed by atoms with Gasteiger partial charge < -0.3 is 15.0 Å². The van der Waals surface area contributed by atoms with E-state index in [2.05, 4.69) is 10.3 Å². The number of fused-ring (bicyclic) bond motifs is 1. The van der Waals surface area contributed by atoms with Gasteiger partial charge in [0.05, 0.1) is 4.92 Å². The summed E-state index contributed by atoms with van der Waals surface area (Å²) in [5.74, 6) is -1.01. The Bertz CT molecular complexity index is 1010. The molecule has 0 radical (unpaired) electrons. The number of ether oxygens (including phenoxy) is 1. The van der Waals surface area contributed by atoms with Gasteiger partial charge in [0.25, 0.3) is 11.6 Å². The number of nitro benzene ring substituents is 1. The van der Waals surface area contributed by atoms with Gasteiger partial charge in [-0.05, 0) is 30.5 Å². The summed E-state index contributed by atoms with van der Waals surface area (Å²) in [6.45, 7) is -0.436. The Balaban J connectivity index is 1.41. The van der Waals surface area contributed by atoms with Crippen LogP contribution in [0.1, 0.15) is 18.4 Å². The van der Waals surface area contributed by atoms with Gasteiger partial charge in [0.2, 0.25) is 0 Å². The maximum absolute atomic E-state index is 11.8. The van der Waals surface area contributed by atoms with E-state index in [1.807, 2.05) is 30.5 Å². The molecule has 0 saturated heterocycles. The molecule has 2 aromatic carbocycles. The van der Waals surface area contributed by atoms with Gasteiger partial charge in [-0.3, -0.25) is 19.7 Å². The van der Waals surface area contributed by atoms with Gasteiger partial charge in [-0.1, -0.05) is 24.3 Å². The normalized spacial score (nSPS) is 10.6. The monoisotopic (exact) mass is 381 g/mol. The van der Waals surface area contributed by atoms with Crippen molar-refractivity contribution in [3.63, 3.8) is 0 Å². The lowest BCUT2D eigenvalue weighted by atomic mass is 10.1. The SMILES string of the molecule is O=C(COC(=O)CCCc1c[nH]c2ccccc12)Nc1cccc([N+](=O)[O-])c1. The molecule has 0 unspecified atom stereocenters. The first kappa shape index (κ1) is 19.1. The number of nitrogens with one attached hydrogen (secondary N) is 2. The van der Waals surface area contributed by atoms with Crippen LogP contribution in [-0.4, -0.2) is 28.4 Å². The van der Waals surface area contributed by atoms with Crippen molar-refractivity contribution >= 4 is 34.2 Å². The molecule has 0 spiro atoms. The van der Waals surface area contributed by atoms with Crippen LogP contribution in [-0.2, 0) is 20.7 Å². The van der Waals surface area contributed by atoms with Crippen molar-refractivity contribution in [3.05, 3.63) is 70.4 Å². The van der Waals surface area contributed by atoms with Crippen LogP contribution in [0.3, 0.4) is 0 Å². The lowest BCUT2D eigenvalue weighted by Gasteiger charge is -2.06. The summed E-state index contributed by atoms with van der Waals surface area (Å²) in [5.41, 5.74) is 2.33. The average Bonchev–Trinajstić information content (AvgIpc) is 3.10. The smallest absolute Gasteiger partial charge is 0.306 e. The number of non-ortho nitro benzene ring substituents is 1. The minimum atomic E-state index is -0.552. The molecule has 28 heavy (non-hydrogen) atoms. The Labute approximate surface area is 160 Å². The van der Waals surface area contributed by atoms with E-state index < -0.39 is 23.4 Å². The number of hydrogen-bond acceptors (Lipinski definition) is 5. The third-order valence-electron chi connectivity index (χ3n) is 4.21. The van der Waals surface area contributed by atoms with Crippen LogP contribution in [0.5, 0.6) is 0 Å². The van der Waals surface area contributed by atoms with E-state index >= 15 is 0 Å². The number of aromatic amines is 1. The van der Waals surface area contributed by atoms with Crippen LogP contribution in [0.4, 0.5) is 11.4 Å². The molecule has 3 aromatic rings. The van der Waals surface area contributed by atoms with Crippen LogP contribution in [0.25, 0.3) is 10.9 Å². The van der Waals surface area contributed by atoms with Crippen molar-refractivity contribution in [1.29, 1.82) is 0 Å². The lowest BCUT2D eigenvalue weighted by Crippen LogP contribution is -2.20. The van der Waals surface area contributed by atoms with Gasteiger partial charge >= 0.3 is 5.97 Å². The zero-order valence-electron chi connectivity index (χ0n) is 15.0. The quantitative estimate of drug-likeness (QED) is 0.352. The first-order chi connectivity index (χ1) is 13.5. The fourth-order valence-electron chi connectivity index (χ4n) is 2.87. The molecule has 0 aliphatic heterocycles. The molecule has 0 aliphatic carbocycles. The Morgan fingerprint density at radius 1 is 1.14 bits per heavy atom. The molecule has 8 nitrogen and oxygen atoms in total. The molecule has 1 aromatic heterocycles. The molecule has 8 heteroatoms. The van der Waals surface area contributed by atoms with Gasteiger partial charge in [0.1, 0.15) is 0 Å². The number of anilines is 1. The molecular formula is C20H19N3O5. The number of amides is 1. The molecule has 0 bridgehead atoms. The fourth-order valence-corrected chi connectivity index (χ4v) is 2.87. The number of H-pyrrole nitrogens is 1. The van der Waals surface area contributed by atoms with E-state index in [0.717, 1.165) is 22.9 Å². The highest BCUT2D eigenvalue weighted by molar-refractivity contribution is 5.93. The average molecular weight is 381 g/mol. The number of aromatic nitrogens is 1. The van der Waals surface area contributed by atoms with Crippen LogP contribution in [0.15, 0.2) is 54.7 Å².